The Kier molecular flexibility index (Phi) is 10.2. The highest BCUT2D eigenvalue weighted by Crippen LogP contribution is 2.40. The van der Waals surface area contributed by atoms with E-state index in [0.717, 1.165) is 17.0 Å². The number of alkyl carbamates (subject to hydrolysis) is 1. The van der Waals surface area contributed by atoms with E-state index >= 15 is 0 Å². The zero-order valence-electron chi connectivity index (χ0n) is 28.5. The number of rotatable bonds is 8. The molecule has 1 N–H and O–H groups in total. The van der Waals surface area contributed by atoms with Crippen molar-refractivity contribution in [1.82, 2.24) is 15.1 Å². The number of nitrogens with one attached hydrogen (secondary N) is 1. The quantitative estimate of drug-likeness (QED) is 0.135. The van der Waals surface area contributed by atoms with E-state index in [9.17, 15) is 36.9 Å². The van der Waals surface area contributed by atoms with Gasteiger partial charge in [-0.25, -0.2) is 9.59 Å². The second-order valence-corrected chi connectivity index (χ2v) is 15.1. The molecule has 2 fully saturated rings. The smallest absolute Gasteiger partial charge is 0.416 e. The predicted molar refractivity (Wildman–Crippen MR) is 184 cm³/mol. The van der Waals surface area contributed by atoms with Crippen molar-refractivity contribution in [2.45, 2.75) is 63.0 Å². The van der Waals surface area contributed by atoms with Gasteiger partial charge in [0.15, 0.2) is 12.1 Å². The van der Waals surface area contributed by atoms with E-state index in [2.05, 4.69) is 5.32 Å². The third-order valence-corrected chi connectivity index (χ3v) is 10.3. The first-order valence-corrected chi connectivity index (χ1v) is 17.9. The molecule has 3 atom stereocenters. The number of fused-ring (bicyclic) bond motifs is 1. The first-order valence-electron chi connectivity index (χ1n) is 16.5. The van der Waals surface area contributed by atoms with Gasteiger partial charge < -0.3 is 24.2 Å². The van der Waals surface area contributed by atoms with Gasteiger partial charge in [-0.15, -0.1) is 0 Å². The van der Waals surface area contributed by atoms with Gasteiger partial charge in [0, 0.05) is 24.2 Å². The average molecular weight is 736 g/mol. The topological polar surface area (TPSA) is 128 Å². The fourth-order valence-electron chi connectivity index (χ4n) is 6.27. The minimum atomic E-state index is -4.49. The van der Waals surface area contributed by atoms with Crippen molar-refractivity contribution < 1.29 is 46.4 Å². The Balaban J connectivity index is 1.32. The highest BCUT2D eigenvalue weighted by atomic mass is 32.2. The standard InChI is InChI=1S/C38H36F3N3O7S/c1-37(2,3)51-36(48)42-29-33(46)44-30(35(47)50-31(24-10-6-4-7-11-24)25-12-8-5-9-13-25)27(22-52(49)34(29)44)20-26-18-19-43(32(26)45)21-23-14-16-28(17-15-23)38(39,40)41/h4-17,20,29,31,34H,18-19,21-22H2,1-3H3,(H,42,48)/t29-,34-,52+/m1/s1. The summed E-state index contributed by atoms with van der Waals surface area (Å²) >= 11 is -1.82. The monoisotopic (exact) mass is 735 g/mol. The fraction of sp³-hybridized carbons (Fsp3) is 0.316. The van der Waals surface area contributed by atoms with Gasteiger partial charge in [-0.1, -0.05) is 72.8 Å². The molecule has 3 aliphatic heterocycles. The number of nitrogens with zero attached hydrogens (tertiary/aromatic N) is 2. The molecule has 272 valence electrons. The van der Waals surface area contributed by atoms with Crippen LogP contribution in [0.4, 0.5) is 18.0 Å². The molecule has 0 unspecified atom stereocenters. The van der Waals surface area contributed by atoms with Gasteiger partial charge in [-0.2, -0.15) is 13.2 Å². The van der Waals surface area contributed by atoms with E-state index in [1.165, 1.54) is 23.1 Å². The molecular formula is C38H36F3N3O7S. The average Bonchev–Trinajstić information content (AvgIpc) is 3.43. The highest BCUT2D eigenvalue weighted by molar-refractivity contribution is 7.92. The van der Waals surface area contributed by atoms with Crippen molar-refractivity contribution in [3.05, 3.63) is 130 Å². The summed E-state index contributed by atoms with van der Waals surface area (Å²) in [6.45, 7) is 5.26. The summed E-state index contributed by atoms with van der Waals surface area (Å²) in [5.41, 5.74) is 0.348. The first-order chi connectivity index (χ1) is 24.6. The number of esters is 1. The van der Waals surface area contributed by atoms with E-state index in [1.807, 2.05) is 12.1 Å². The molecule has 52 heavy (non-hydrogen) atoms. The maximum atomic E-state index is 14.3. The summed E-state index contributed by atoms with van der Waals surface area (Å²) in [4.78, 5) is 56.7. The largest absolute Gasteiger partial charge is 0.614 e. The summed E-state index contributed by atoms with van der Waals surface area (Å²) in [7, 11) is 0. The molecule has 3 aromatic carbocycles. The van der Waals surface area contributed by atoms with E-state index in [0.29, 0.717) is 16.7 Å². The second kappa shape index (κ2) is 14.5. The van der Waals surface area contributed by atoms with Gasteiger partial charge in [0.1, 0.15) is 17.1 Å². The summed E-state index contributed by atoms with van der Waals surface area (Å²) in [6, 6.07) is 21.3. The van der Waals surface area contributed by atoms with Crippen LogP contribution in [0.2, 0.25) is 0 Å². The predicted octanol–water partition coefficient (Wildman–Crippen LogP) is 5.77. The Morgan fingerprint density at radius 3 is 2.12 bits per heavy atom. The zero-order chi connectivity index (χ0) is 37.4. The molecule has 0 bridgehead atoms. The Labute approximate surface area is 301 Å². The zero-order valence-corrected chi connectivity index (χ0v) is 29.3. The SMILES string of the molecule is CC(C)(C)OC(=O)N[C@@H]1C(=O)N2C(C(=O)OC(c3ccccc3)c3ccccc3)=C(C=C3CCN(Cc4ccc(C(F)(F)F)cc4)C3=O)C[S@+]([O-])[C@H]12. The van der Waals surface area contributed by atoms with Crippen molar-refractivity contribution in [2.24, 2.45) is 0 Å². The molecule has 3 heterocycles. The van der Waals surface area contributed by atoms with Crippen molar-refractivity contribution in [3.63, 3.8) is 0 Å². The summed E-state index contributed by atoms with van der Waals surface area (Å²) in [6.07, 6.45) is -4.59. The Hall–Kier alpha value is -5.08. The summed E-state index contributed by atoms with van der Waals surface area (Å²) in [5.74, 6) is -2.26. The Morgan fingerprint density at radius 2 is 1.56 bits per heavy atom. The summed E-state index contributed by atoms with van der Waals surface area (Å²) < 4.78 is 64.3. The molecule has 3 aliphatic rings. The number of ether oxygens (including phenoxy) is 2. The number of benzene rings is 3. The third-order valence-electron chi connectivity index (χ3n) is 8.67. The van der Waals surface area contributed by atoms with E-state index in [-0.39, 0.29) is 42.1 Å². The molecular weight excluding hydrogens is 699 g/mol. The van der Waals surface area contributed by atoms with E-state index in [1.54, 1.807) is 69.3 Å². The Bertz CT molecular complexity index is 1870. The molecule has 0 aliphatic carbocycles. The molecule has 6 rings (SSSR count). The molecule has 0 aromatic heterocycles. The number of β-lactam (4-membered cyclic amide) rings is 1. The lowest BCUT2D eigenvalue weighted by molar-refractivity contribution is -0.154. The van der Waals surface area contributed by atoms with Crippen LogP contribution in [0.15, 0.2) is 108 Å². The van der Waals surface area contributed by atoms with E-state index < -0.39 is 69.9 Å². The number of carbonyl (C=O) groups excluding carboxylic acids is 4. The van der Waals surface area contributed by atoms with Gasteiger partial charge in [-0.3, -0.25) is 14.5 Å². The van der Waals surface area contributed by atoms with Gasteiger partial charge in [-0.05, 0) is 73.3 Å². The summed E-state index contributed by atoms with van der Waals surface area (Å²) in [5, 5.41) is 1.38. The Morgan fingerprint density at radius 1 is 0.962 bits per heavy atom. The number of hydrogen-bond donors (Lipinski definition) is 1. The van der Waals surface area contributed by atoms with Crippen LogP contribution in [-0.4, -0.2) is 67.5 Å². The van der Waals surface area contributed by atoms with Crippen LogP contribution in [0, 0.1) is 0 Å². The second-order valence-electron chi connectivity index (χ2n) is 13.6. The maximum Gasteiger partial charge on any atom is 0.416 e. The van der Waals surface area contributed by atoms with Crippen LogP contribution < -0.4 is 5.32 Å². The molecule has 0 saturated carbocycles. The molecule has 2 saturated heterocycles. The van der Waals surface area contributed by atoms with Crippen molar-refractivity contribution in [2.75, 3.05) is 12.3 Å². The number of likely N-dealkylation sites (tertiary alicyclic amines) is 1. The van der Waals surface area contributed by atoms with Crippen molar-refractivity contribution in [1.29, 1.82) is 0 Å². The van der Waals surface area contributed by atoms with Crippen LogP contribution in [0.3, 0.4) is 0 Å². The van der Waals surface area contributed by atoms with Crippen LogP contribution in [0.5, 0.6) is 0 Å². The number of halogens is 3. The number of carbonyl (C=O) groups is 4. The van der Waals surface area contributed by atoms with Gasteiger partial charge in [0.05, 0.1) is 5.56 Å². The third kappa shape index (κ3) is 7.87. The van der Waals surface area contributed by atoms with Crippen LogP contribution in [0.25, 0.3) is 0 Å². The molecule has 0 spiro atoms. The van der Waals surface area contributed by atoms with E-state index in [4.69, 9.17) is 9.47 Å². The molecule has 0 radical (unpaired) electrons. The number of hydrogen-bond acceptors (Lipinski definition) is 7. The number of allylic oxidation sites excluding steroid dienone is 1. The first kappa shape index (κ1) is 36.7. The van der Waals surface area contributed by atoms with Gasteiger partial charge in [0.25, 0.3) is 5.91 Å². The van der Waals surface area contributed by atoms with Gasteiger partial charge >= 0.3 is 18.2 Å². The fourth-order valence-corrected chi connectivity index (χ4v) is 7.90. The number of amides is 3. The lowest BCUT2D eigenvalue weighted by atomic mass is 10.00. The number of alkyl halides is 3. The van der Waals surface area contributed by atoms with Crippen LogP contribution in [0.1, 0.15) is 55.5 Å². The van der Waals surface area contributed by atoms with Crippen LogP contribution >= 0.6 is 0 Å². The lowest BCUT2D eigenvalue weighted by Gasteiger charge is -2.49. The lowest BCUT2D eigenvalue weighted by Crippen LogP contribution is -2.75. The van der Waals surface area contributed by atoms with Crippen molar-refractivity contribution >= 4 is 35.1 Å². The van der Waals surface area contributed by atoms with Gasteiger partial charge in [0.2, 0.25) is 11.3 Å². The maximum absolute atomic E-state index is 14.3. The molecule has 10 nitrogen and oxygen atoms in total. The minimum absolute atomic E-state index is 0.0503. The molecule has 14 heteroatoms. The normalized spacial score (nSPS) is 21.3. The molecule has 3 amide bonds. The molecule has 3 aromatic rings. The van der Waals surface area contributed by atoms with Crippen molar-refractivity contribution in [3.8, 4) is 0 Å². The minimum Gasteiger partial charge on any atom is -0.614 e. The highest BCUT2D eigenvalue weighted by Gasteiger charge is 2.61. The van der Waals surface area contributed by atoms with Crippen LogP contribution in [-0.2, 0) is 47.8 Å².